The van der Waals surface area contributed by atoms with Crippen molar-refractivity contribution in [2.75, 3.05) is 5.32 Å². The molecule has 2 heterocycles. The van der Waals surface area contributed by atoms with E-state index in [9.17, 15) is 9.59 Å². The van der Waals surface area contributed by atoms with Gasteiger partial charge in [0.2, 0.25) is 5.91 Å². The molecule has 2 amide bonds. The summed E-state index contributed by atoms with van der Waals surface area (Å²) in [6.45, 7) is 0. The number of imidazole rings is 1. The van der Waals surface area contributed by atoms with E-state index >= 15 is 0 Å². The lowest BCUT2D eigenvalue weighted by atomic mass is 9.85. The first-order chi connectivity index (χ1) is 14.5. The van der Waals surface area contributed by atoms with Crippen molar-refractivity contribution < 1.29 is 9.59 Å². The number of aromatic nitrogens is 2. The van der Waals surface area contributed by atoms with Gasteiger partial charge in [-0.25, -0.2) is 4.98 Å². The van der Waals surface area contributed by atoms with Gasteiger partial charge in [-0.2, -0.15) is 0 Å². The van der Waals surface area contributed by atoms with Crippen LogP contribution in [-0.2, 0) is 11.2 Å². The summed E-state index contributed by atoms with van der Waals surface area (Å²) in [5.41, 5.74) is 4.34. The number of carbonyl (C=O) groups is 2. The van der Waals surface area contributed by atoms with Gasteiger partial charge in [0, 0.05) is 34.7 Å². The number of hydrogen-bond donors (Lipinski definition) is 3. The second kappa shape index (κ2) is 7.76. The van der Waals surface area contributed by atoms with Gasteiger partial charge >= 0.3 is 0 Å². The number of fused-ring (bicyclic) bond motifs is 2. The van der Waals surface area contributed by atoms with Gasteiger partial charge in [0.1, 0.15) is 5.82 Å². The van der Waals surface area contributed by atoms with Gasteiger partial charge in [0.15, 0.2) is 0 Å². The van der Waals surface area contributed by atoms with Gasteiger partial charge in [-0.15, -0.1) is 0 Å². The molecule has 3 N–H and O–H groups in total. The van der Waals surface area contributed by atoms with Crippen LogP contribution in [0.4, 0.5) is 5.69 Å². The molecule has 6 nitrogen and oxygen atoms in total. The topological polar surface area (TPSA) is 86.9 Å². The van der Waals surface area contributed by atoms with E-state index in [4.69, 9.17) is 16.6 Å². The summed E-state index contributed by atoms with van der Waals surface area (Å²) in [4.78, 5) is 32.5. The van der Waals surface area contributed by atoms with Crippen LogP contribution in [0.1, 0.15) is 59.8 Å². The molecule has 5 rings (SSSR count). The quantitative estimate of drug-likeness (QED) is 0.578. The van der Waals surface area contributed by atoms with Crippen LogP contribution in [0.5, 0.6) is 0 Å². The minimum Gasteiger partial charge on any atom is -0.349 e. The Bertz CT molecular complexity index is 1140. The Balaban J connectivity index is 1.28. The molecule has 3 aromatic rings. The van der Waals surface area contributed by atoms with Crippen molar-refractivity contribution in [2.24, 2.45) is 0 Å². The number of rotatable bonds is 3. The van der Waals surface area contributed by atoms with Crippen molar-refractivity contribution in [1.82, 2.24) is 15.3 Å². The molecule has 1 fully saturated rings. The van der Waals surface area contributed by atoms with E-state index in [2.05, 4.69) is 15.6 Å². The first kappa shape index (κ1) is 19.1. The van der Waals surface area contributed by atoms with E-state index in [1.165, 1.54) is 0 Å². The number of anilines is 1. The predicted octanol–water partition coefficient (Wildman–Crippen LogP) is 4.56. The van der Waals surface area contributed by atoms with Gasteiger partial charge in [0.25, 0.3) is 5.91 Å². The first-order valence-corrected chi connectivity index (χ1v) is 10.8. The molecule has 0 unspecified atom stereocenters. The number of aryl methyl sites for hydroxylation is 1. The molecule has 154 valence electrons. The zero-order valence-corrected chi connectivity index (χ0v) is 17.3. The number of halogens is 1. The highest BCUT2D eigenvalue weighted by atomic mass is 35.5. The van der Waals surface area contributed by atoms with Crippen molar-refractivity contribution in [3.8, 4) is 0 Å². The molecule has 1 saturated carbocycles. The third kappa shape index (κ3) is 3.79. The van der Waals surface area contributed by atoms with Gasteiger partial charge in [-0.05, 0) is 67.6 Å². The number of hydrogen-bond acceptors (Lipinski definition) is 3. The second-order valence-corrected chi connectivity index (χ2v) is 8.67. The monoisotopic (exact) mass is 422 g/mol. The smallest absolute Gasteiger partial charge is 0.251 e. The highest BCUT2D eigenvalue weighted by Gasteiger charge is 2.27. The summed E-state index contributed by atoms with van der Waals surface area (Å²) >= 11 is 6.09. The minimum absolute atomic E-state index is 0.0285. The van der Waals surface area contributed by atoms with Gasteiger partial charge in [-0.1, -0.05) is 18.0 Å². The van der Waals surface area contributed by atoms with Crippen LogP contribution in [0.3, 0.4) is 0 Å². The Labute approximate surface area is 179 Å². The Kier molecular flexibility index (Phi) is 4.95. The van der Waals surface area contributed by atoms with Gasteiger partial charge in [0.05, 0.1) is 11.0 Å². The molecule has 7 heteroatoms. The van der Waals surface area contributed by atoms with Crippen molar-refractivity contribution in [3.05, 3.63) is 58.4 Å². The molecule has 1 aliphatic carbocycles. The number of carbonyl (C=O) groups excluding carboxylic acids is 2. The third-order valence-corrected chi connectivity index (χ3v) is 6.36. The van der Waals surface area contributed by atoms with E-state index in [1.807, 2.05) is 30.3 Å². The molecule has 2 aromatic carbocycles. The van der Waals surface area contributed by atoms with Crippen LogP contribution in [-0.4, -0.2) is 27.8 Å². The number of nitrogens with zero attached hydrogens (tertiary/aromatic N) is 1. The highest BCUT2D eigenvalue weighted by Crippen LogP contribution is 2.33. The van der Waals surface area contributed by atoms with E-state index in [0.717, 1.165) is 53.8 Å². The van der Waals surface area contributed by atoms with Gasteiger partial charge < -0.3 is 15.6 Å². The largest absolute Gasteiger partial charge is 0.349 e. The molecule has 0 bridgehead atoms. The van der Waals surface area contributed by atoms with E-state index in [0.29, 0.717) is 23.4 Å². The SMILES string of the molecule is O=C1CCc2cc(C(=O)N[C@@H]3CCC[C@H](c4nc5ccc(Cl)cc5[nH]4)C3)ccc2N1. The zero-order valence-electron chi connectivity index (χ0n) is 16.5. The zero-order chi connectivity index (χ0) is 20.7. The van der Waals surface area contributed by atoms with Crippen molar-refractivity contribution >= 4 is 40.1 Å². The van der Waals surface area contributed by atoms with E-state index in [1.54, 1.807) is 6.07 Å². The maximum atomic E-state index is 12.8. The molecule has 2 atom stereocenters. The normalized spacial score (nSPS) is 21.2. The average Bonchev–Trinajstić information content (AvgIpc) is 3.17. The Morgan fingerprint density at radius 1 is 1.13 bits per heavy atom. The maximum absolute atomic E-state index is 12.8. The number of benzene rings is 2. The molecular weight excluding hydrogens is 400 g/mol. The fourth-order valence-electron chi connectivity index (χ4n) is 4.56. The summed E-state index contributed by atoms with van der Waals surface area (Å²) in [5, 5.41) is 6.75. The van der Waals surface area contributed by atoms with Crippen molar-refractivity contribution in [1.29, 1.82) is 0 Å². The maximum Gasteiger partial charge on any atom is 0.251 e. The third-order valence-electron chi connectivity index (χ3n) is 6.12. The number of nitrogens with one attached hydrogen (secondary N) is 3. The van der Waals surface area contributed by atoms with Crippen LogP contribution < -0.4 is 10.6 Å². The summed E-state index contributed by atoms with van der Waals surface area (Å²) in [6, 6.07) is 11.3. The highest BCUT2D eigenvalue weighted by molar-refractivity contribution is 6.31. The number of amides is 2. The lowest BCUT2D eigenvalue weighted by molar-refractivity contribution is -0.116. The second-order valence-electron chi connectivity index (χ2n) is 8.24. The molecule has 0 saturated heterocycles. The lowest BCUT2D eigenvalue weighted by Crippen LogP contribution is -2.38. The van der Waals surface area contributed by atoms with Crippen LogP contribution >= 0.6 is 11.6 Å². The van der Waals surface area contributed by atoms with Crippen molar-refractivity contribution in [2.45, 2.75) is 50.5 Å². The summed E-state index contributed by atoms with van der Waals surface area (Å²) in [6.07, 6.45) is 5.06. The molecule has 0 spiro atoms. The fourth-order valence-corrected chi connectivity index (χ4v) is 4.73. The molecule has 1 aromatic heterocycles. The molecule has 0 radical (unpaired) electrons. The lowest BCUT2D eigenvalue weighted by Gasteiger charge is -2.29. The van der Waals surface area contributed by atoms with Crippen LogP contribution in [0, 0.1) is 0 Å². The Morgan fingerprint density at radius 3 is 2.93 bits per heavy atom. The predicted molar refractivity (Wildman–Crippen MR) is 117 cm³/mol. The summed E-state index contributed by atoms with van der Waals surface area (Å²) < 4.78 is 0. The van der Waals surface area contributed by atoms with Gasteiger partial charge in [-0.3, -0.25) is 9.59 Å². The average molecular weight is 423 g/mol. The van der Waals surface area contributed by atoms with E-state index in [-0.39, 0.29) is 23.8 Å². The standard InChI is InChI=1S/C23H23ClN4O2/c24-16-6-8-19-20(12-16)28-22(27-19)14-2-1-3-17(11-14)25-23(30)15-4-7-18-13(10-15)5-9-21(29)26-18/h4,6-8,10,12,14,17H,1-3,5,9,11H2,(H,25,30)(H,26,29)(H,27,28)/t14-,17+/m0/s1. The van der Waals surface area contributed by atoms with Crippen molar-refractivity contribution in [3.63, 3.8) is 0 Å². The first-order valence-electron chi connectivity index (χ1n) is 10.4. The van der Waals surface area contributed by atoms with Crippen LogP contribution in [0.15, 0.2) is 36.4 Å². The summed E-state index contributed by atoms with van der Waals surface area (Å²) in [5.74, 6) is 1.22. The summed E-state index contributed by atoms with van der Waals surface area (Å²) in [7, 11) is 0. The Hall–Kier alpha value is -2.86. The van der Waals surface area contributed by atoms with Crippen LogP contribution in [0.25, 0.3) is 11.0 Å². The Morgan fingerprint density at radius 2 is 2.03 bits per heavy atom. The molecule has 1 aliphatic heterocycles. The molecule has 30 heavy (non-hydrogen) atoms. The fraction of sp³-hybridized carbons (Fsp3) is 0.348. The minimum atomic E-state index is -0.0586. The molecular formula is C23H23ClN4O2. The number of aromatic amines is 1. The van der Waals surface area contributed by atoms with Crippen LogP contribution in [0.2, 0.25) is 5.02 Å². The van der Waals surface area contributed by atoms with E-state index < -0.39 is 0 Å². The number of H-pyrrole nitrogens is 1. The molecule has 2 aliphatic rings.